The van der Waals surface area contributed by atoms with Gasteiger partial charge in [0.1, 0.15) is 0 Å². The first-order valence-corrected chi connectivity index (χ1v) is 20.4. The molecule has 2 unspecified atom stereocenters. The van der Waals surface area contributed by atoms with Crippen LogP contribution in [0, 0.1) is 0 Å². The van der Waals surface area contributed by atoms with E-state index in [2.05, 4.69) is 218 Å². The van der Waals surface area contributed by atoms with Crippen molar-refractivity contribution >= 4 is 17.1 Å². The van der Waals surface area contributed by atoms with Crippen LogP contribution in [0.5, 0.6) is 0 Å². The monoisotopic (exact) mass is 735 g/mol. The van der Waals surface area contributed by atoms with Gasteiger partial charge in [-0.1, -0.05) is 170 Å². The number of nitrogens with zero attached hydrogens (tertiary/aromatic N) is 1. The van der Waals surface area contributed by atoms with Crippen molar-refractivity contribution < 1.29 is 0 Å². The molecule has 3 aliphatic carbocycles. The first kappa shape index (κ1) is 31.9. The van der Waals surface area contributed by atoms with Crippen molar-refractivity contribution in [3.63, 3.8) is 0 Å². The minimum atomic E-state index is -0.533. The van der Waals surface area contributed by atoms with E-state index in [-0.39, 0.29) is 5.41 Å². The molecule has 14 rings (SSSR count). The maximum absolute atomic E-state index is 2.55. The minimum absolute atomic E-state index is 0.382. The molecule has 8 bridgehead atoms. The second kappa shape index (κ2) is 11.4. The number of rotatable bonds is 3. The standard InChI is InChI=1S/C57H37N/c1-56-38-27-32-51-48(33-38)44-21-9-12-25-50(44)57(51)53-35-40(29-31-46(53)47-23-14-22-42(55(47)57)37-17-6-3-7-18-37)58(54-26-13-10-19-41(54)36-15-4-2-5-16-36)39-28-30-45(52(56)34-39)43-20-8-11-24-49(43)56/h2-35H,1H3. The van der Waals surface area contributed by atoms with Crippen LogP contribution < -0.4 is 4.90 Å². The average molecular weight is 736 g/mol. The van der Waals surface area contributed by atoms with Gasteiger partial charge in [0.15, 0.2) is 0 Å². The Bertz CT molecular complexity index is 3190. The van der Waals surface area contributed by atoms with Crippen LogP contribution in [0.3, 0.4) is 0 Å². The van der Waals surface area contributed by atoms with Crippen LogP contribution in [0.4, 0.5) is 17.1 Å². The summed E-state index contributed by atoms with van der Waals surface area (Å²) in [6.45, 7) is 2.46. The highest BCUT2D eigenvalue weighted by molar-refractivity contribution is 6.01. The van der Waals surface area contributed by atoms with Crippen molar-refractivity contribution in [3.05, 3.63) is 245 Å². The van der Waals surface area contributed by atoms with Gasteiger partial charge >= 0.3 is 0 Å². The Kier molecular flexibility index (Phi) is 6.29. The van der Waals surface area contributed by atoms with Crippen molar-refractivity contribution in [1.29, 1.82) is 0 Å². The van der Waals surface area contributed by atoms with Crippen LogP contribution >= 0.6 is 0 Å². The topological polar surface area (TPSA) is 3.24 Å². The van der Waals surface area contributed by atoms with Crippen LogP contribution in [0.25, 0.3) is 55.6 Å². The summed E-state index contributed by atoms with van der Waals surface area (Å²) in [6.07, 6.45) is 0. The smallest absolute Gasteiger partial charge is 0.0732 e. The van der Waals surface area contributed by atoms with E-state index in [4.69, 9.17) is 0 Å². The SMILES string of the molecule is CC12c3ccc4c(c3)-c3ccccc3C43c4cc(ccc4-c4cccc(-c5ccccc5)c43)N(c3ccccc3-c3ccccc3)c3ccc(c1c3)-c1ccccc12. The summed E-state index contributed by atoms with van der Waals surface area (Å²) in [5.41, 5.74) is 24.8. The van der Waals surface area contributed by atoms with Crippen LogP contribution in [-0.2, 0) is 10.8 Å². The molecule has 5 aliphatic rings. The van der Waals surface area contributed by atoms with E-state index < -0.39 is 5.41 Å². The molecule has 1 nitrogen and oxygen atoms in total. The number of benzene rings is 9. The quantitative estimate of drug-likeness (QED) is 0.175. The van der Waals surface area contributed by atoms with E-state index in [9.17, 15) is 0 Å². The summed E-state index contributed by atoms with van der Waals surface area (Å²) in [6, 6.07) is 78.1. The van der Waals surface area contributed by atoms with E-state index in [0.717, 1.165) is 17.1 Å². The third-order valence-electron chi connectivity index (χ3n) is 13.9. The minimum Gasteiger partial charge on any atom is -0.310 e. The molecular weight excluding hydrogens is 699 g/mol. The van der Waals surface area contributed by atoms with Gasteiger partial charge in [-0.15, -0.1) is 0 Å². The molecule has 0 fully saturated rings. The summed E-state index contributed by atoms with van der Waals surface area (Å²) in [4.78, 5) is 2.53. The number of para-hydroxylation sites is 1. The lowest BCUT2D eigenvalue weighted by Gasteiger charge is -2.34. The number of anilines is 3. The third kappa shape index (κ3) is 3.91. The Morgan fingerprint density at radius 1 is 0.328 bits per heavy atom. The Morgan fingerprint density at radius 2 is 0.845 bits per heavy atom. The van der Waals surface area contributed by atoms with Gasteiger partial charge in [-0.2, -0.15) is 0 Å². The lowest BCUT2D eigenvalue weighted by atomic mass is 9.68. The summed E-state index contributed by atoms with van der Waals surface area (Å²) < 4.78 is 0. The lowest BCUT2D eigenvalue weighted by Crippen LogP contribution is -2.27. The molecular formula is C57H37N. The van der Waals surface area contributed by atoms with Gasteiger partial charge in [0, 0.05) is 22.4 Å². The maximum atomic E-state index is 2.55. The molecule has 9 aromatic rings. The van der Waals surface area contributed by atoms with Gasteiger partial charge in [-0.05, 0) is 132 Å². The lowest BCUT2D eigenvalue weighted by molar-refractivity contribution is 0.712. The fourth-order valence-corrected chi connectivity index (χ4v) is 11.4. The van der Waals surface area contributed by atoms with Gasteiger partial charge in [0.25, 0.3) is 0 Å². The largest absolute Gasteiger partial charge is 0.310 e. The molecule has 0 radical (unpaired) electrons. The van der Waals surface area contributed by atoms with Crippen molar-refractivity contribution in [2.24, 2.45) is 0 Å². The highest BCUT2D eigenvalue weighted by Gasteiger charge is 2.54. The fourth-order valence-electron chi connectivity index (χ4n) is 11.4. The highest BCUT2D eigenvalue weighted by atomic mass is 15.1. The molecule has 0 amide bonds. The van der Waals surface area contributed by atoms with Crippen molar-refractivity contribution in [2.45, 2.75) is 17.8 Å². The van der Waals surface area contributed by atoms with Gasteiger partial charge < -0.3 is 4.90 Å². The molecule has 0 aromatic heterocycles. The predicted molar refractivity (Wildman–Crippen MR) is 239 cm³/mol. The molecule has 2 aliphatic heterocycles. The molecule has 2 atom stereocenters. The normalized spacial score (nSPS) is 18.2. The van der Waals surface area contributed by atoms with E-state index >= 15 is 0 Å². The first-order valence-electron chi connectivity index (χ1n) is 20.4. The molecule has 1 heteroatoms. The zero-order chi connectivity index (χ0) is 38.2. The predicted octanol–water partition coefficient (Wildman–Crippen LogP) is 14.5. The van der Waals surface area contributed by atoms with E-state index in [0.29, 0.717) is 0 Å². The third-order valence-corrected chi connectivity index (χ3v) is 13.9. The number of hydrogen-bond acceptors (Lipinski definition) is 1. The molecule has 58 heavy (non-hydrogen) atoms. The maximum Gasteiger partial charge on any atom is 0.0732 e. The van der Waals surface area contributed by atoms with Crippen molar-refractivity contribution in [3.8, 4) is 55.6 Å². The van der Waals surface area contributed by atoms with Gasteiger partial charge in [0.2, 0.25) is 0 Å². The Morgan fingerprint density at radius 3 is 1.59 bits per heavy atom. The number of hydrogen-bond donors (Lipinski definition) is 0. The van der Waals surface area contributed by atoms with E-state index in [1.165, 1.54) is 94.6 Å². The van der Waals surface area contributed by atoms with Crippen LogP contribution in [0.1, 0.15) is 45.9 Å². The highest BCUT2D eigenvalue weighted by Crippen LogP contribution is 2.66. The molecule has 0 saturated carbocycles. The molecule has 0 N–H and O–H groups in total. The van der Waals surface area contributed by atoms with Crippen LogP contribution in [0.2, 0.25) is 0 Å². The fraction of sp³-hybridized carbons (Fsp3) is 0.0526. The molecule has 1 spiro atoms. The number of fused-ring (bicyclic) bond motifs is 6. The zero-order valence-corrected chi connectivity index (χ0v) is 32.1. The average Bonchev–Trinajstić information content (AvgIpc) is 3.86. The van der Waals surface area contributed by atoms with Crippen molar-refractivity contribution in [1.82, 2.24) is 0 Å². The van der Waals surface area contributed by atoms with E-state index in [1.54, 1.807) is 0 Å². The molecule has 270 valence electrons. The molecule has 0 saturated heterocycles. The van der Waals surface area contributed by atoms with E-state index in [1.807, 2.05) is 0 Å². The second-order valence-electron chi connectivity index (χ2n) is 16.5. The Balaban J connectivity index is 1.21. The molecule has 2 heterocycles. The molecule has 9 aromatic carbocycles. The summed E-state index contributed by atoms with van der Waals surface area (Å²) in [5, 5.41) is 0. The summed E-state index contributed by atoms with van der Waals surface area (Å²) >= 11 is 0. The summed E-state index contributed by atoms with van der Waals surface area (Å²) in [7, 11) is 0. The van der Waals surface area contributed by atoms with Crippen LogP contribution in [-0.4, -0.2) is 0 Å². The van der Waals surface area contributed by atoms with Crippen LogP contribution in [0.15, 0.2) is 206 Å². The Labute approximate surface area is 339 Å². The van der Waals surface area contributed by atoms with Crippen molar-refractivity contribution in [2.75, 3.05) is 4.90 Å². The van der Waals surface area contributed by atoms with Gasteiger partial charge in [0.05, 0.1) is 11.1 Å². The second-order valence-corrected chi connectivity index (χ2v) is 16.5. The summed E-state index contributed by atoms with van der Waals surface area (Å²) in [5.74, 6) is 0. The Hall–Kier alpha value is -7.22. The van der Waals surface area contributed by atoms with Gasteiger partial charge in [-0.3, -0.25) is 0 Å². The zero-order valence-electron chi connectivity index (χ0n) is 32.1. The first-order chi connectivity index (χ1) is 28.7. The van der Waals surface area contributed by atoms with Gasteiger partial charge in [-0.25, -0.2) is 0 Å².